The van der Waals surface area contributed by atoms with Crippen molar-refractivity contribution < 1.29 is 38.7 Å². The number of aromatic nitrogens is 1. The van der Waals surface area contributed by atoms with Gasteiger partial charge in [0.05, 0.1) is 40.2 Å². The number of hydrogen-bond donors (Lipinski definition) is 3. The number of ketones is 1. The first-order valence-corrected chi connectivity index (χ1v) is 16.9. The first kappa shape index (κ1) is 37.1. The number of hydrogen-bond acceptors (Lipinski definition) is 8. The number of para-hydroxylation sites is 1. The number of nitrogens with one attached hydrogen (secondary N) is 2. The summed E-state index contributed by atoms with van der Waals surface area (Å²) in [7, 11) is 1.27. The van der Waals surface area contributed by atoms with Gasteiger partial charge in [-0.2, -0.15) is 0 Å². The molecule has 0 spiro atoms. The molecule has 0 aliphatic carbocycles. The smallest absolute Gasteiger partial charge is 0.341 e. The molecule has 0 saturated heterocycles. The van der Waals surface area contributed by atoms with Crippen LogP contribution in [0.1, 0.15) is 48.2 Å². The number of ether oxygens (including phenoxy) is 1. The van der Waals surface area contributed by atoms with Gasteiger partial charge in [-0.05, 0) is 29.7 Å². The lowest BCUT2D eigenvalue weighted by atomic mass is 9.83. The Balaban J connectivity index is 1.36. The van der Waals surface area contributed by atoms with Crippen LogP contribution in [0.3, 0.4) is 0 Å². The number of Topliss-reactive ketones (excluding diaryl/α,β-unsaturated/α-hetero) is 1. The number of likely N-dealkylation sites (N-methyl/N-ethyl adjacent to an activating group) is 1. The van der Waals surface area contributed by atoms with E-state index in [1.54, 1.807) is 36.5 Å². The summed E-state index contributed by atoms with van der Waals surface area (Å²) in [4.78, 5) is 76.1. The molecule has 1 aliphatic heterocycles. The van der Waals surface area contributed by atoms with E-state index < -0.39 is 54.3 Å². The van der Waals surface area contributed by atoms with Crippen molar-refractivity contribution in [2.75, 3.05) is 13.7 Å². The molecule has 3 N–H and O–H groups in total. The average molecular weight is 736 g/mol. The summed E-state index contributed by atoms with van der Waals surface area (Å²) in [6.07, 6.45) is 0.994. The molecular weight excluding hydrogens is 699 g/mol. The second-order valence-corrected chi connectivity index (χ2v) is 13.4. The molecule has 12 nitrogen and oxygen atoms in total. The minimum atomic E-state index is -1.81. The predicted octanol–water partition coefficient (Wildman–Crippen LogP) is 5.56. The highest BCUT2D eigenvalue weighted by molar-refractivity contribution is 6.39. The number of carboxylic acid groups (broad SMARTS) is 1. The molecule has 51 heavy (non-hydrogen) atoms. The van der Waals surface area contributed by atoms with Crippen molar-refractivity contribution >= 4 is 69.4 Å². The summed E-state index contributed by atoms with van der Waals surface area (Å²) >= 11 is 12.2. The zero-order valence-corrected chi connectivity index (χ0v) is 29.5. The lowest BCUT2D eigenvalue weighted by molar-refractivity contribution is -0.161. The molecule has 2 amide bonds. The summed E-state index contributed by atoms with van der Waals surface area (Å²) < 4.78 is 5.17. The van der Waals surface area contributed by atoms with Gasteiger partial charge in [-0.15, -0.1) is 0 Å². The molecule has 4 aromatic rings. The number of carboxylic acids is 1. The van der Waals surface area contributed by atoms with Crippen molar-refractivity contribution in [3.05, 3.63) is 106 Å². The molecule has 0 bridgehead atoms. The Morgan fingerprint density at radius 3 is 2.33 bits per heavy atom. The van der Waals surface area contributed by atoms with Crippen LogP contribution in [0.4, 0.5) is 0 Å². The van der Waals surface area contributed by atoms with Gasteiger partial charge >= 0.3 is 11.9 Å². The van der Waals surface area contributed by atoms with Crippen LogP contribution >= 0.6 is 23.2 Å². The first-order chi connectivity index (χ1) is 24.3. The van der Waals surface area contributed by atoms with E-state index in [1.165, 1.54) is 25.2 Å². The number of nitrogens with zero attached hydrogens (tertiary/aromatic N) is 2. The van der Waals surface area contributed by atoms with Gasteiger partial charge in [0.15, 0.2) is 12.4 Å². The molecule has 0 saturated carbocycles. The number of benzene rings is 3. The Kier molecular flexibility index (Phi) is 11.5. The number of carbonyl (C=O) groups is 5. The number of esters is 1. The van der Waals surface area contributed by atoms with Gasteiger partial charge < -0.3 is 29.9 Å². The van der Waals surface area contributed by atoms with E-state index >= 15 is 0 Å². The fourth-order valence-corrected chi connectivity index (χ4v) is 6.64. The first-order valence-electron chi connectivity index (χ1n) is 16.1. The maximum Gasteiger partial charge on any atom is 0.341 e. The van der Waals surface area contributed by atoms with Crippen LogP contribution in [-0.2, 0) is 40.8 Å². The molecule has 0 radical (unpaired) electrons. The molecule has 1 unspecified atom stereocenters. The van der Waals surface area contributed by atoms with Gasteiger partial charge in [-0.3, -0.25) is 19.2 Å². The normalized spacial score (nSPS) is 16.5. The van der Waals surface area contributed by atoms with Crippen LogP contribution in [0.5, 0.6) is 0 Å². The lowest BCUT2D eigenvalue weighted by Crippen LogP contribution is -2.54. The number of aliphatic carboxylic acids is 1. The van der Waals surface area contributed by atoms with Crippen LogP contribution in [0.2, 0.25) is 10.0 Å². The molecule has 0 fully saturated rings. The predicted molar refractivity (Wildman–Crippen MR) is 191 cm³/mol. The molecule has 2 heterocycles. The van der Waals surface area contributed by atoms with Crippen molar-refractivity contribution in [3.63, 3.8) is 0 Å². The number of aromatic amines is 1. The Morgan fingerprint density at radius 1 is 1.00 bits per heavy atom. The highest BCUT2D eigenvalue weighted by Gasteiger charge is 2.53. The summed E-state index contributed by atoms with van der Waals surface area (Å²) in [5, 5.41) is 18.0. The van der Waals surface area contributed by atoms with Crippen molar-refractivity contribution in [3.8, 4) is 0 Å². The van der Waals surface area contributed by atoms with E-state index in [0.717, 1.165) is 21.4 Å². The lowest BCUT2D eigenvalue weighted by Gasteiger charge is -2.34. The number of H-pyrrole nitrogens is 1. The standard InChI is InChI=1S/C37H36Cl2N4O8/c1-21(2)34(41-31(45)16-22-19-40-27-15-8-7-12-24(22)27)28-18-37(51-42-28,23-10-5-4-6-11-23)36(49)43(3)29(17-32(46)47)30(44)20-50-35(48)33-25(38)13-9-14-26(33)39/h4-15,19,21,29,34,40H,16-18,20H2,1-3H3,(H,41,45)(H,46,47)/t29-,34-,37?/m0/s1. The number of fused-ring (bicyclic) bond motifs is 1. The van der Waals surface area contributed by atoms with Gasteiger partial charge in [0.2, 0.25) is 11.5 Å². The van der Waals surface area contributed by atoms with Crippen LogP contribution < -0.4 is 5.32 Å². The Hall–Kier alpha value is -5.20. The van der Waals surface area contributed by atoms with E-state index in [2.05, 4.69) is 15.5 Å². The molecular formula is C37H36Cl2N4O8. The van der Waals surface area contributed by atoms with E-state index in [1.807, 2.05) is 38.1 Å². The van der Waals surface area contributed by atoms with E-state index in [-0.39, 0.29) is 40.3 Å². The SMILES string of the molecule is CC(C)[C@H](NC(=O)Cc1c[nH]c2ccccc12)C1=NOC(C(=O)N(C)[C@@H](CC(=O)O)C(=O)COC(=O)c2c(Cl)cccc2Cl)(c2ccccc2)C1. The second-order valence-electron chi connectivity index (χ2n) is 12.5. The largest absolute Gasteiger partial charge is 0.481 e. The molecule has 3 atom stereocenters. The van der Waals surface area contributed by atoms with E-state index in [4.69, 9.17) is 32.8 Å². The summed E-state index contributed by atoms with van der Waals surface area (Å²) in [6, 6.07) is 18.3. The molecule has 14 heteroatoms. The second kappa shape index (κ2) is 15.8. The highest BCUT2D eigenvalue weighted by Crippen LogP contribution is 2.39. The van der Waals surface area contributed by atoms with Crippen LogP contribution in [-0.4, -0.2) is 76.0 Å². The maximum absolute atomic E-state index is 14.5. The number of rotatable bonds is 14. The number of halogens is 2. The van der Waals surface area contributed by atoms with Crippen molar-refractivity contribution in [1.82, 2.24) is 15.2 Å². The topological polar surface area (TPSA) is 167 Å². The Bertz CT molecular complexity index is 1980. The fourth-order valence-electron chi connectivity index (χ4n) is 6.09. The number of oxime groups is 1. The fraction of sp³-hybridized carbons (Fsp3) is 0.297. The van der Waals surface area contributed by atoms with Crippen molar-refractivity contribution in [2.45, 2.75) is 50.8 Å². The molecule has 266 valence electrons. The van der Waals surface area contributed by atoms with Gasteiger partial charge in [0, 0.05) is 36.1 Å². The van der Waals surface area contributed by atoms with E-state index in [9.17, 15) is 29.1 Å². The Morgan fingerprint density at radius 2 is 1.67 bits per heavy atom. The third-order valence-electron chi connectivity index (χ3n) is 8.74. The molecule has 1 aliphatic rings. The van der Waals surface area contributed by atoms with Crippen molar-refractivity contribution in [2.24, 2.45) is 11.1 Å². The zero-order valence-electron chi connectivity index (χ0n) is 28.0. The monoisotopic (exact) mass is 734 g/mol. The van der Waals surface area contributed by atoms with Crippen LogP contribution in [0.15, 0.2) is 84.1 Å². The number of carbonyl (C=O) groups excluding carboxylic acids is 4. The molecule has 3 aromatic carbocycles. The van der Waals surface area contributed by atoms with Gasteiger partial charge in [0.1, 0.15) is 6.04 Å². The van der Waals surface area contributed by atoms with Gasteiger partial charge in [-0.25, -0.2) is 4.79 Å². The van der Waals surface area contributed by atoms with E-state index in [0.29, 0.717) is 11.3 Å². The minimum Gasteiger partial charge on any atom is -0.481 e. The van der Waals surface area contributed by atoms with Crippen LogP contribution in [0, 0.1) is 5.92 Å². The summed E-state index contributed by atoms with van der Waals surface area (Å²) in [5.41, 5.74) is 0.545. The van der Waals surface area contributed by atoms with Crippen LogP contribution in [0.25, 0.3) is 10.9 Å². The maximum atomic E-state index is 14.5. The van der Waals surface area contributed by atoms with Gasteiger partial charge in [-0.1, -0.05) is 96.8 Å². The minimum absolute atomic E-state index is 0.00202. The molecule has 5 rings (SSSR count). The summed E-state index contributed by atoms with van der Waals surface area (Å²) in [6.45, 7) is 2.93. The third kappa shape index (κ3) is 8.08. The third-order valence-corrected chi connectivity index (χ3v) is 9.37. The molecule has 1 aromatic heterocycles. The highest BCUT2D eigenvalue weighted by atomic mass is 35.5. The summed E-state index contributed by atoms with van der Waals surface area (Å²) in [5.74, 6) is -4.42. The number of amides is 2. The average Bonchev–Trinajstić information content (AvgIpc) is 3.73. The zero-order chi connectivity index (χ0) is 36.9. The van der Waals surface area contributed by atoms with Gasteiger partial charge in [0.25, 0.3) is 5.91 Å². The van der Waals surface area contributed by atoms with Crippen molar-refractivity contribution in [1.29, 1.82) is 0 Å². The quantitative estimate of drug-likeness (QED) is 0.142. The Labute approximate surface area is 303 Å².